The van der Waals surface area contributed by atoms with Crippen molar-refractivity contribution in [2.75, 3.05) is 9.80 Å². The Bertz CT molecular complexity index is 3880. The first-order valence-electron chi connectivity index (χ1n) is 29.2. The second-order valence-corrected chi connectivity index (χ2v) is 30.4. The Kier molecular flexibility index (Phi) is 9.55. The third-order valence-electron chi connectivity index (χ3n) is 21.5. The number of nitrogens with zero attached hydrogens (tertiary/aromatic N) is 2. The maximum Gasteiger partial charge on any atom is 0.297 e. The van der Waals surface area contributed by atoms with Crippen LogP contribution in [0.5, 0.6) is 0 Å². The molecule has 6 aromatic carbocycles. The minimum atomic E-state index is -0.150. The van der Waals surface area contributed by atoms with Crippen molar-refractivity contribution in [1.82, 2.24) is 0 Å². The third-order valence-corrected chi connectivity index (χ3v) is 21.5. The Hall–Kier alpha value is -5.68. The molecule has 2 aromatic heterocycles. The molecule has 0 amide bonds. The summed E-state index contributed by atoms with van der Waals surface area (Å²) in [5, 5.41) is 3.55. The number of anilines is 6. The van der Waals surface area contributed by atoms with Gasteiger partial charge < -0.3 is 18.6 Å². The summed E-state index contributed by atoms with van der Waals surface area (Å²) in [4.78, 5) is 5.34. The second kappa shape index (κ2) is 14.9. The van der Waals surface area contributed by atoms with Gasteiger partial charge >= 0.3 is 0 Å². The summed E-state index contributed by atoms with van der Waals surface area (Å²) >= 11 is 0. The molecule has 0 spiro atoms. The van der Waals surface area contributed by atoms with E-state index in [9.17, 15) is 0 Å². The van der Waals surface area contributed by atoms with Crippen molar-refractivity contribution >= 4 is 90.3 Å². The van der Waals surface area contributed by atoms with Crippen molar-refractivity contribution in [3.05, 3.63) is 135 Å². The molecule has 6 aliphatic rings. The number of hydrogen-bond donors (Lipinski definition) is 0. The molecule has 4 heterocycles. The Balaban J connectivity index is 1.13. The van der Waals surface area contributed by atoms with Crippen molar-refractivity contribution in [3.63, 3.8) is 0 Å². The average molecular weight is 1010 g/mol. The smallest absolute Gasteiger partial charge is 0.297 e. The minimum absolute atomic E-state index is 0.0110. The fourth-order valence-electron chi connectivity index (χ4n) is 16.0. The van der Waals surface area contributed by atoms with Crippen molar-refractivity contribution in [3.8, 4) is 0 Å². The number of benzene rings is 6. The molecular weight excluding hydrogens is 924 g/mol. The summed E-state index contributed by atoms with van der Waals surface area (Å²) in [5.41, 5.74) is 27.1. The lowest BCUT2D eigenvalue weighted by Crippen LogP contribution is -2.61. The van der Waals surface area contributed by atoms with E-state index in [0.717, 1.165) is 66.6 Å². The van der Waals surface area contributed by atoms with Crippen LogP contribution in [0.25, 0.3) is 32.9 Å². The molecule has 0 unspecified atom stereocenters. The summed E-state index contributed by atoms with van der Waals surface area (Å²) in [6.07, 6.45) is 9.26. The maximum atomic E-state index is 7.83. The molecule has 4 nitrogen and oxygen atoms in total. The van der Waals surface area contributed by atoms with Gasteiger partial charge in [0.15, 0.2) is 0 Å². The van der Waals surface area contributed by atoms with Gasteiger partial charge in [0.1, 0.15) is 16.7 Å². The first kappa shape index (κ1) is 48.7. The van der Waals surface area contributed by atoms with E-state index < -0.39 is 0 Å². The molecule has 2 aliphatic heterocycles. The molecule has 0 saturated carbocycles. The van der Waals surface area contributed by atoms with Gasteiger partial charge in [-0.05, 0) is 229 Å². The molecule has 0 bridgehead atoms. The molecule has 5 heteroatoms. The van der Waals surface area contributed by atoms with Crippen LogP contribution in [0, 0.1) is 6.92 Å². The van der Waals surface area contributed by atoms with Gasteiger partial charge in [-0.25, -0.2) is 0 Å². The van der Waals surface area contributed by atoms with Gasteiger partial charge in [0.25, 0.3) is 6.71 Å². The zero-order valence-corrected chi connectivity index (χ0v) is 49.0. The summed E-state index contributed by atoms with van der Waals surface area (Å²) < 4.78 is 14.9. The van der Waals surface area contributed by atoms with Crippen LogP contribution in [0.4, 0.5) is 34.1 Å². The third kappa shape index (κ3) is 6.56. The van der Waals surface area contributed by atoms with Gasteiger partial charge in [-0.1, -0.05) is 129 Å². The first-order valence-corrected chi connectivity index (χ1v) is 29.2. The van der Waals surface area contributed by atoms with Crippen LogP contribution < -0.4 is 26.4 Å². The average Bonchev–Trinajstić information content (AvgIpc) is 4.04. The van der Waals surface area contributed by atoms with E-state index in [1.807, 2.05) is 0 Å². The van der Waals surface area contributed by atoms with E-state index in [1.54, 1.807) is 0 Å². The predicted octanol–water partition coefficient (Wildman–Crippen LogP) is 18.1. The molecule has 14 rings (SSSR count). The highest BCUT2D eigenvalue weighted by Gasteiger charge is 2.51. The Morgan fingerprint density at radius 3 is 1.38 bits per heavy atom. The SMILES string of the molecule is Cc1cc2c3c(c1)N(c1cccc4oc5cc6c(cc5c14)C(C)(C)CCC6(C)C)c1c(oc4cc5c(cc14)C(C)(C)CCC5(C)C)B3c1cc3c(cc1N2c1ccc2c(c1)C(C)(C)CCC2(C)C)C(C)(C)CCC3(C)C. The number of furan rings is 2. The summed E-state index contributed by atoms with van der Waals surface area (Å²) in [6, 6.07) is 34.6. The summed E-state index contributed by atoms with van der Waals surface area (Å²) in [5.74, 6) is 0. The fraction of sp³-hybridized carbons (Fsp3) is 0.465. The zero-order valence-electron chi connectivity index (χ0n) is 49.0. The molecule has 4 aliphatic carbocycles. The molecule has 0 saturated heterocycles. The fourth-order valence-corrected chi connectivity index (χ4v) is 16.0. The molecule has 390 valence electrons. The van der Waals surface area contributed by atoms with Crippen LogP contribution in [0.15, 0.2) is 93.8 Å². The minimum Gasteiger partial charge on any atom is -0.468 e. The Morgan fingerprint density at radius 1 is 0.382 bits per heavy atom. The topological polar surface area (TPSA) is 32.8 Å². The van der Waals surface area contributed by atoms with Crippen LogP contribution in [0.1, 0.15) is 212 Å². The molecule has 8 aromatic rings. The second-order valence-electron chi connectivity index (χ2n) is 30.4. The molecule has 0 fully saturated rings. The van der Waals surface area contributed by atoms with Gasteiger partial charge in [0.05, 0.1) is 22.4 Å². The van der Waals surface area contributed by atoms with Crippen LogP contribution in [0.3, 0.4) is 0 Å². The molecule has 0 radical (unpaired) electrons. The lowest BCUT2D eigenvalue weighted by Gasteiger charge is -2.47. The standard InChI is InChI=1S/C71H81BN2O2/c1-40-31-55-61-56(32-40)74(53-19-18-20-57-60(53)42-34-46-50(38-58(42)75-57)70(14,15)29-25-66(46,6)7)62-43-35-47-51(71(16,17)30-26-67(47,8)9)39-59(43)76-63(62)72(61)52-36-48-49(69(12,13)28-27-68(48,10)11)37-54(52)73(55)41-21-22-44-45(33-41)65(4,5)24-23-64(44,2)3/h18-22,31-39H,23-30H2,1-17H3. The molecular formula is C71H81BN2O2. The van der Waals surface area contributed by atoms with E-state index in [-0.39, 0.29) is 50.0 Å². The maximum absolute atomic E-state index is 7.83. The summed E-state index contributed by atoms with van der Waals surface area (Å²) in [7, 11) is 0. The van der Waals surface area contributed by atoms with Crippen molar-refractivity contribution < 1.29 is 8.83 Å². The van der Waals surface area contributed by atoms with Gasteiger partial charge in [0, 0.05) is 33.5 Å². The highest BCUT2D eigenvalue weighted by Crippen LogP contribution is 2.57. The monoisotopic (exact) mass is 1000 g/mol. The lowest BCUT2D eigenvalue weighted by atomic mass is 9.35. The normalized spacial score (nSPS) is 22.1. The number of aryl methyl sites for hydroxylation is 1. The molecule has 0 N–H and O–H groups in total. The van der Waals surface area contributed by atoms with Gasteiger partial charge in [-0.2, -0.15) is 0 Å². The van der Waals surface area contributed by atoms with Crippen LogP contribution in [-0.2, 0) is 43.3 Å². The van der Waals surface area contributed by atoms with Gasteiger partial charge in [-0.15, -0.1) is 0 Å². The Morgan fingerprint density at radius 2 is 0.829 bits per heavy atom. The first-order chi connectivity index (χ1) is 35.5. The summed E-state index contributed by atoms with van der Waals surface area (Å²) in [6.45, 7) is 41.5. The predicted molar refractivity (Wildman–Crippen MR) is 323 cm³/mol. The lowest BCUT2D eigenvalue weighted by molar-refractivity contribution is 0.332. The van der Waals surface area contributed by atoms with E-state index in [0.29, 0.717) is 0 Å². The van der Waals surface area contributed by atoms with E-state index in [1.165, 1.54) is 118 Å². The largest absolute Gasteiger partial charge is 0.468 e. The number of rotatable bonds is 2. The Labute approximate surface area is 454 Å². The van der Waals surface area contributed by atoms with Crippen molar-refractivity contribution in [1.29, 1.82) is 0 Å². The highest BCUT2D eigenvalue weighted by atomic mass is 16.3. The van der Waals surface area contributed by atoms with Crippen molar-refractivity contribution in [2.45, 2.75) is 212 Å². The highest BCUT2D eigenvalue weighted by molar-refractivity contribution is 7.00. The zero-order chi connectivity index (χ0) is 53.6. The van der Waals surface area contributed by atoms with E-state index in [2.05, 4.69) is 212 Å². The van der Waals surface area contributed by atoms with Gasteiger partial charge in [-0.3, -0.25) is 0 Å². The van der Waals surface area contributed by atoms with Crippen LogP contribution in [-0.4, -0.2) is 6.71 Å². The molecule has 76 heavy (non-hydrogen) atoms. The van der Waals surface area contributed by atoms with E-state index >= 15 is 0 Å². The number of hydrogen-bond acceptors (Lipinski definition) is 4. The van der Waals surface area contributed by atoms with E-state index in [4.69, 9.17) is 8.83 Å². The van der Waals surface area contributed by atoms with Crippen LogP contribution >= 0.6 is 0 Å². The quantitative estimate of drug-likeness (QED) is 0.162. The van der Waals surface area contributed by atoms with Crippen molar-refractivity contribution in [2.24, 2.45) is 0 Å². The molecule has 0 atom stereocenters. The number of fused-ring (bicyclic) bond motifs is 13. The van der Waals surface area contributed by atoms with Gasteiger partial charge in [0.2, 0.25) is 0 Å². The van der Waals surface area contributed by atoms with Crippen LogP contribution in [0.2, 0.25) is 0 Å².